The summed E-state index contributed by atoms with van der Waals surface area (Å²) in [6, 6.07) is 14.2. The molecule has 0 bridgehead atoms. The molecular weight excluding hydrogens is 797 g/mol. The molecule has 0 aliphatic rings. The number of sulfone groups is 2. The van der Waals surface area contributed by atoms with Crippen molar-refractivity contribution in [2.45, 2.75) is 14.7 Å². The molecule has 4 aromatic carbocycles. The predicted molar refractivity (Wildman–Crippen MR) is 191 cm³/mol. The Bertz CT molecular complexity index is 2670. The van der Waals surface area contributed by atoms with Crippen LogP contribution < -0.4 is 11.5 Å². The number of hydrogen-bond acceptors (Lipinski definition) is 18. The number of nitrogens with zero attached hydrogens (tertiary/aromatic N) is 6. The van der Waals surface area contributed by atoms with Gasteiger partial charge in [-0.15, -0.1) is 20.5 Å². The first-order valence-corrected chi connectivity index (χ1v) is 20.4. The highest BCUT2D eigenvalue weighted by atomic mass is 32.3. The fourth-order valence-corrected chi connectivity index (χ4v) is 7.05. The van der Waals surface area contributed by atoms with E-state index in [1.807, 2.05) is 0 Å². The van der Waals surface area contributed by atoms with Gasteiger partial charge in [0.05, 0.1) is 44.9 Å². The number of carboxylic acid groups (broad SMARTS) is 1. The summed E-state index contributed by atoms with van der Waals surface area (Å²) in [5.74, 6) is -2.55. The lowest BCUT2D eigenvalue weighted by Crippen LogP contribution is -2.15. The van der Waals surface area contributed by atoms with Gasteiger partial charge in [0.1, 0.15) is 33.2 Å². The van der Waals surface area contributed by atoms with Crippen LogP contribution >= 0.6 is 0 Å². The topological polar surface area (TPSA) is 350 Å². The molecule has 0 saturated heterocycles. The number of anilines is 2. The maximum atomic E-state index is 12.6. The van der Waals surface area contributed by atoms with Crippen LogP contribution in [0.3, 0.4) is 0 Å². The molecule has 0 fully saturated rings. The summed E-state index contributed by atoms with van der Waals surface area (Å²) in [5, 5.41) is 34.4. The first kappa shape index (κ1) is 40.9. The molecule has 0 heterocycles. The molecule has 0 unspecified atom stereocenters. The maximum Gasteiger partial charge on any atom is 0.397 e. The van der Waals surface area contributed by atoms with Crippen molar-refractivity contribution in [3.63, 3.8) is 0 Å². The second kappa shape index (κ2) is 16.0. The van der Waals surface area contributed by atoms with Gasteiger partial charge in [-0.05, 0) is 60.7 Å². The van der Waals surface area contributed by atoms with Crippen LogP contribution in [-0.4, -0.2) is 66.2 Å². The van der Waals surface area contributed by atoms with E-state index < -0.39 is 103 Å². The van der Waals surface area contributed by atoms with Crippen molar-refractivity contribution in [2.24, 2.45) is 30.7 Å². The molecule has 54 heavy (non-hydrogen) atoms. The number of carboxylic acids is 1. The molecule has 0 spiro atoms. The van der Waals surface area contributed by atoms with Crippen LogP contribution in [0.15, 0.2) is 130 Å². The molecule has 4 aromatic rings. The maximum absolute atomic E-state index is 12.6. The highest BCUT2D eigenvalue weighted by Gasteiger charge is 2.27. The summed E-state index contributed by atoms with van der Waals surface area (Å²) in [6.07, 6.45) is 0. The quantitative estimate of drug-likeness (QED) is 0.0557. The van der Waals surface area contributed by atoms with Crippen molar-refractivity contribution < 1.29 is 56.9 Å². The van der Waals surface area contributed by atoms with Crippen LogP contribution in [0.1, 0.15) is 10.4 Å². The Morgan fingerprint density at radius 2 is 1.17 bits per heavy atom. The number of nitrogens with two attached hydrogens (primary N) is 2. The third-order valence-electron chi connectivity index (χ3n) is 6.80. The second-order valence-electron chi connectivity index (χ2n) is 10.4. The summed E-state index contributed by atoms with van der Waals surface area (Å²) in [4.78, 5) is 11.5. The van der Waals surface area contributed by atoms with Gasteiger partial charge >= 0.3 is 16.4 Å². The van der Waals surface area contributed by atoms with E-state index in [1.165, 1.54) is 36.4 Å². The van der Waals surface area contributed by atoms with Crippen LogP contribution in [-0.2, 0) is 44.4 Å². The van der Waals surface area contributed by atoms with Gasteiger partial charge in [-0.2, -0.15) is 27.1 Å². The number of rotatable bonds is 15. The van der Waals surface area contributed by atoms with E-state index in [0.29, 0.717) is 0 Å². The Morgan fingerprint density at radius 3 is 1.65 bits per heavy atom. The Hall–Kier alpha value is -5.83. The largest absolute Gasteiger partial charge is 0.478 e. The number of carbonyl (C=O) groups is 1. The van der Waals surface area contributed by atoms with Gasteiger partial charge in [-0.25, -0.2) is 25.8 Å². The third kappa shape index (κ3) is 9.98. The number of nitrogen functional groups attached to an aromatic ring is 2. The zero-order chi connectivity index (χ0) is 40.1. The number of hydrogen-bond donors (Lipinski definition) is 5. The van der Waals surface area contributed by atoms with Gasteiger partial charge in [0.15, 0.2) is 19.7 Å². The lowest BCUT2D eigenvalue weighted by Gasteiger charge is -2.13. The van der Waals surface area contributed by atoms with E-state index in [1.54, 1.807) is 0 Å². The number of azo groups is 3. The van der Waals surface area contributed by atoms with Gasteiger partial charge < -0.3 is 16.6 Å². The Labute approximate surface area is 307 Å². The van der Waals surface area contributed by atoms with Crippen LogP contribution in [0, 0.1) is 0 Å². The van der Waals surface area contributed by atoms with Crippen LogP contribution in [0.4, 0.5) is 45.5 Å². The zero-order valence-electron chi connectivity index (χ0n) is 27.0. The highest BCUT2D eigenvalue weighted by molar-refractivity contribution is 7.94. The molecule has 284 valence electrons. The minimum atomic E-state index is -4.88. The normalized spacial score (nSPS) is 12.9. The molecule has 25 heteroatoms. The van der Waals surface area contributed by atoms with Crippen molar-refractivity contribution in [2.75, 3.05) is 23.8 Å². The molecule has 0 amide bonds. The predicted octanol–water partition coefficient (Wildman–Crippen LogP) is 5.55. The average molecular weight is 823 g/mol. The van der Waals surface area contributed by atoms with Gasteiger partial charge in [0, 0.05) is 5.41 Å². The van der Waals surface area contributed by atoms with E-state index >= 15 is 0 Å². The molecule has 0 atom stereocenters. The van der Waals surface area contributed by atoms with Gasteiger partial charge in [0.2, 0.25) is 0 Å². The summed E-state index contributed by atoms with van der Waals surface area (Å²) < 4.78 is 117. The van der Waals surface area contributed by atoms with Crippen LogP contribution in [0.2, 0.25) is 0 Å². The molecule has 0 aliphatic heterocycles. The molecule has 0 aliphatic carbocycles. The van der Waals surface area contributed by atoms with E-state index in [4.69, 9.17) is 16.0 Å². The summed E-state index contributed by atoms with van der Waals surface area (Å²) in [7, 11) is -17.6. The van der Waals surface area contributed by atoms with Crippen molar-refractivity contribution in [3.05, 3.63) is 90.3 Å². The van der Waals surface area contributed by atoms with Crippen LogP contribution in [0.25, 0.3) is 0 Å². The highest BCUT2D eigenvalue weighted by Crippen LogP contribution is 2.49. The molecule has 0 aromatic heterocycles. The number of aromatic carboxylic acids is 1. The minimum Gasteiger partial charge on any atom is -0.478 e. The summed E-state index contributed by atoms with van der Waals surface area (Å²) >= 11 is 0. The fourth-order valence-electron chi connectivity index (χ4n) is 4.23. The monoisotopic (exact) mass is 822 g/mol. The lowest BCUT2D eigenvalue weighted by molar-refractivity contribution is 0.0698. The number of benzene rings is 4. The molecule has 21 nitrogen and oxygen atoms in total. The Kier molecular flexibility index (Phi) is 12.2. The molecule has 0 radical (unpaired) electrons. The molecule has 7 N–H and O–H groups in total. The van der Waals surface area contributed by atoms with Crippen molar-refractivity contribution in [1.82, 2.24) is 0 Å². The van der Waals surface area contributed by atoms with Crippen molar-refractivity contribution in [1.29, 1.82) is 0 Å². The molecular formula is C29H26N8O13S4. The Balaban J connectivity index is 1.85. The summed E-state index contributed by atoms with van der Waals surface area (Å²) in [5.41, 5.74) is 8.58. The summed E-state index contributed by atoms with van der Waals surface area (Å²) in [6.45, 7) is 2.38. The van der Waals surface area contributed by atoms with E-state index in [0.717, 1.165) is 41.8 Å². The minimum absolute atomic E-state index is 0.0568. The average Bonchev–Trinajstić information content (AvgIpc) is 3.10. The van der Waals surface area contributed by atoms with E-state index in [-0.39, 0.29) is 21.2 Å². The lowest BCUT2D eigenvalue weighted by atomic mass is 10.1. The standard InChI is InChI=1S/C29H26N8O13S4/c1-2-51(40,41)19-11-7-18(8-12-19)33-37-28-24(30)26(35-32-17-9-13-20(14-10-17)52(42,43)16-15-50-54(47,48)49)23(29(38)39)27(25(28)31)36-34-21-5-3-4-6-22(21)53(44,45)46/h2-14H,1,15-16,30-31H2,(H,38,39)(H,44,45,46)(H,47,48,49). The smallest absolute Gasteiger partial charge is 0.397 e. The van der Waals surface area contributed by atoms with Crippen LogP contribution in [0.5, 0.6) is 0 Å². The fraction of sp³-hybridized carbons (Fsp3) is 0.0690. The Morgan fingerprint density at radius 1 is 0.685 bits per heavy atom. The first-order chi connectivity index (χ1) is 25.1. The zero-order valence-corrected chi connectivity index (χ0v) is 30.3. The SMILES string of the molecule is C=CS(=O)(=O)c1ccc(N=Nc2c(N)c(N=Nc3ccc(S(=O)(=O)CCOS(=O)(=O)O)cc3)c(C(=O)O)c(N=Nc3ccccc3S(=O)(=O)O)c2N)cc1. The van der Waals surface area contributed by atoms with E-state index in [9.17, 15) is 48.1 Å². The van der Waals surface area contributed by atoms with Gasteiger partial charge in [0.25, 0.3) is 10.1 Å². The van der Waals surface area contributed by atoms with Gasteiger partial charge in [-0.3, -0.25) is 9.11 Å². The van der Waals surface area contributed by atoms with Gasteiger partial charge in [-0.1, -0.05) is 18.7 Å². The molecule has 4 rings (SSSR count). The third-order valence-corrected chi connectivity index (χ3v) is 11.2. The van der Waals surface area contributed by atoms with Crippen molar-refractivity contribution in [3.8, 4) is 0 Å². The first-order valence-electron chi connectivity index (χ1n) is 14.4. The molecule has 0 saturated carbocycles. The second-order valence-corrected chi connectivity index (χ2v) is 16.8. The van der Waals surface area contributed by atoms with E-state index in [2.05, 4.69) is 41.4 Å². The van der Waals surface area contributed by atoms with Crippen molar-refractivity contribution >= 4 is 91.7 Å².